The first-order chi connectivity index (χ1) is 8.25. The normalized spacial score (nSPS) is 30.4. The van der Waals surface area contributed by atoms with Crippen LogP contribution in [0.4, 0.5) is 0 Å². The summed E-state index contributed by atoms with van der Waals surface area (Å²) in [5.41, 5.74) is 0. The molecule has 1 aliphatic carbocycles. The minimum Gasteiger partial charge on any atom is -0.367 e. The maximum atomic E-state index is 11.7. The molecule has 1 heterocycles. The van der Waals surface area contributed by atoms with Gasteiger partial charge in [0.25, 0.3) is 0 Å². The van der Waals surface area contributed by atoms with Crippen LogP contribution >= 0.6 is 0 Å². The summed E-state index contributed by atoms with van der Waals surface area (Å²) in [4.78, 5) is 11.7. The van der Waals surface area contributed by atoms with Crippen LogP contribution in [-0.2, 0) is 9.53 Å². The third-order valence-electron chi connectivity index (χ3n) is 3.84. The topological polar surface area (TPSA) is 50.4 Å². The predicted octanol–water partition coefficient (Wildman–Crippen LogP) is 1.20. The van der Waals surface area contributed by atoms with E-state index in [-0.39, 0.29) is 18.6 Å². The number of carbonyl (C=O) groups excluding carboxylic acids is 1. The third kappa shape index (κ3) is 3.96. The Morgan fingerprint density at radius 3 is 2.76 bits per heavy atom. The standard InChI is InChI=1S/C13H24N2O2/c1-10-12(7-4-8-14-10)17-9-13(16)15-11-5-2-3-6-11/h10-12,14H,2-9H2,1H3,(H,15,16). The van der Waals surface area contributed by atoms with Crippen molar-refractivity contribution >= 4 is 5.91 Å². The quantitative estimate of drug-likeness (QED) is 0.776. The van der Waals surface area contributed by atoms with Crippen LogP contribution in [0.25, 0.3) is 0 Å². The first kappa shape index (κ1) is 12.8. The minimum atomic E-state index is 0.0506. The lowest BCUT2D eigenvalue weighted by atomic mass is 10.0. The van der Waals surface area contributed by atoms with Crippen molar-refractivity contribution in [3.8, 4) is 0 Å². The van der Waals surface area contributed by atoms with Gasteiger partial charge in [-0.15, -0.1) is 0 Å². The van der Waals surface area contributed by atoms with Gasteiger partial charge in [-0.2, -0.15) is 0 Å². The Labute approximate surface area is 103 Å². The van der Waals surface area contributed by atoms with E-state index in [0.717, 1.165) is 32.2 Å². The molecule has 0 aromatic carbocycles. The van der Waals surface area contributed by atoms with Gasteiger partial charge < -0.3 is 15.4 Å². The number of nitrogens with one attached hydrogen (secondary N) is 2. The summed E-state index contributed by atoms with van der Waals surface area (Å²) in [6.45, 7) is 3.40. The van der Waals surface area contributed by atoms with Crippen molar-refractivity contribution in [2.75, 3.05) is 13.2 Å². The Hall–Kier alpha value is -0.610. The summed E-state index contributed by atoms with van der Waals surface area (Å²) < 4.78 is 5.69. The fraction of sp³-hybridized carbons (Fsp3) is 0.923. The van der Waals surface area contributed by atoms with E-state index < -0.39 is 0 Å². The highest BCUT2D eigenvalue weighted by atomic mass is 16.5. The molecule has 2 unspecified atom stereocenters. The average Bonchev–Trinajstić information content (AvgIpc) is 2.81. The Balaban J connectivity index is 1.64. The van der Waals surface area contributed by atoms with Gasteiger partial charge in [0.05, 0.1) is 6.10 Å². The molecule has 1 amide bonds. The molecule has 0 spiro atoms. The van der Waals surface area contributed by atoms with Crippen LogP contribution < -0.4 is 10.6 Å². The molecule has 2 atom stereocenters. The van der Waals surface area contributed by atoms with E-state index in [9.17, 15) is 4.79 Å². The van der Waals surface area contributed by atoms with Gasteiger partial charge in [-0.05, 0) is 39.2 Å². The zero-order valence-electron chi connectivity index (χ0n) is 10.7. The van der Waals surface area contributed by atoms with E-state index >= 15 is 0 Å². The highest BCUT2D eigenvalue weighted by Gasteiger charge is 2.23. The largest absolute Gasteiger partial charge is 0.367 e. The predicted molar refractivity (Wildman–Crippen MR) is 66.8 cm³/mol. The number of carbonyl (C=O) groups is 1. The molecule has 0 aromatic heterocycles. The van der Waals surface area contributed by atoms with Crippen molar-refractivity contribution in [2.24, 2.45) is 0 Å². The Kier molecular flexibility index (Phi) is 4.80. The highest BCUT2D eigenvalue weighted by Crippen LogP contribution is 2.17. The van der Waals surface area contributed by atoms with Gasteiger partial charge in [-0.25, -0.2) is 0 Å². The molecule has 0 radical (unpaired) electrons. The lowest BCUT2D eigenvalue weighted by Gasteiger charge is -2.29. The lowest BCUT2D eigenvalue weighted by molar-refractivity contribution is -0.129. The molecule has 1 aliphatic heterocycles. The van der Waals surface area contributed by atoms with Crippen LogP contribution in [0, 0.1) is 0 Å². The SMILES string of the molecule is CC1NCCCC1OCC(=O)NC1CCCC1. The van der Waals surface area contributed by atoms with Gasteiger partial charge in [-0.3, -0.25) is 4.79 Å². The van der Waals surface area contributed by atoms with Crippen LogP contribution in [0.15, 0.2) is 0 Å². The van der Waals surface area contributed by atoms with E-state index in [0.29, 0.717) is 12.1 Å². The molecule has 0 aromatic rings. The highest BCUT2D eigenvalue weighted by molar-refractivity contribution is 5.77. The smallest absolute Gasteiger partial charge is 0.246 e. The number of hydrogen-bond acceptors (Lipinski definition) is 3. The van der Waals surface area contributed by atoms with Crippen molar-refractivity contribution in [2.45, 2.75) is 63.6 Å². The van der Waals surface area contributed by atoms with E-state index in [2.05, 4.69) is 17.6 Å². The molecule has 1 saturated carbocycles. The average molecular weight is 240 g/mol. The summed E-state index contributed by atoms with van der Waals surface area (Å²) >= 11 is 0. The molecule has 0 bridgehead atoms. The number of ether oxygens (including phenoxy) is 1. The van der Waals surface area contributed by atoms with Crippen molar-refractivity contribution in [3.63, 3.8) is 0 Å². The second-order valence-corrected chi connectivity index (χ2v) is 5.28. The Morgan fingerprint density at radius 2 is 2.06 bits per heavy atom. The molecule has 2 rings (SSSR count). The van der Waals surface area contributed by atoms with Gasteiger partial charge in [0, 0.05) is 12.1 Å². The second kappa shape index (κ2) is 6.36. The maximum absolute atomic E-state index is 11.7. The number of hydrogen-bond donors (Lipinski definition) is 2. The Bertz CT molecular complexity index is 252. The molecule has 4 heteroatoms. The van der Waals surface area contributed by atoms with E-state index in [1.54, 1.807) is 0 Å². The van der Waals surface area contributed by atoms with Crippen molar-refractivity contribution < 1.29 is 9.53 Å². The monoisotopic (exact) mass is 240 g/mol. The summed E-state index contributed by atoms with van der Waals surface area (Å²) in [6.07, 6.45) is 7.15. The summed E-state index contributed by atoms with van der Waals surface area (Å²) in [7, 11) is 0. The van der Waals surface area contributed by atoms with Gasteiger partial charge in [-0.1, -0.05) is 12.8 Å². The number of amides is 1. The summed E-state index contributed by atoms with van der Waals surface area (Å²) in [6, 6.07) is 0.760. The van der Waals surface area contributed by atoms with Gasteiger partial charge >= 0.3 is 0 Å². The molecule has 2 N–H and O–H groups in total. The molecule has 98 valence electrons. The van der Waals surface area contributed by atoms with E-state index in [1.165, 1.54) is 12.8 Å². The van der Waals surface area contributed by atoms with Gasteiger partial charge in [0.1, 0.15) is 6.61 Å². The van der Waals surface area contributed by atoms with Gasteiger partial charge in [0.2, 0.25) is 5.91 Å². The van der Waals surface area contributed by atoms with Crippen LogP contribution in [-0.4, -0.2) is 37.2 Å². The van der Waals surface area contributed by atoms with Gasteiger partial charge in [0.15, 0.2) is 0 Å². The fourth-order valence-corrected chi connectivity index (χ4v) is 2.76. The summed E-state index contributed by atoms with van der Waals surface area (Å²) in [5.74, 6) is 0.0506. The molecule has 17 heavy (non-hydrogen) atoms. The second-order valence-electron chi connectivity index (χ2n) is 5.28. The molecule has 2 fully saturated rings. The van der Waals surface area contributed by atoms with Crippen LogP contribution in [0.2, 0.25) is 0 Å². The van der Waals surface area contributed by atoms with Crippen molar-refractivity contribution in [3.05, 3.63) is 0 Å². The zero-order valence-corrected chi connectivity index (χ0v) is 10.7. The Morgan fingerprint density at radius 1 is 1.29 bits per heavy atom. The number of piperidine rings is 1. The molecular formula is C13H24N2O2. The minimum absolute atomic E-state index is 0.0506. The lowest BCUT2D eigenvalue weighted by Crippen LogP contribution is -2.45. The van der Waals surface area contributed by atoms with E-state index in [1.807, 2.05) is 0 Å². The van der Waals surface area contributed by atoms with Crippen LogP contribution in [0.1, 0.15) is 45.4 Å². The zero-order chi connectivity index (χ0) is 12.1. The maximum Gasteiger partial charge on any atom is 0.246 e. The van der Waals surface area contributed by atoms with Crippen LogP contribution in [0.3, 0.4) is 0 Å². The number of rotatable bonds is 4. The molecule has 4 nitrogen and oxygen atoms in total. The van der Waals surface area contributed by atoms with Crippen molar-refractivity contribution in [1.82, 2.24) is 10.6 Å². The van der Waals surface area contributed by atoms with E-state index in [4.69, 9.17) is 4.74 Å². The third-order valence-corrected chi connectivity index (χ3v) is 3.84. The first-order valence-electron chi connectivity index (χ1n) is 6.90. The van der Waals surface area contributed by atoms with Crippen LogP contribution in [0.5, 0.6) is 0 Å². The fourth-order valence-electron chi connectivity index (χ4n) is 2.76. The molecule has 1 saturated heterocycles. The molecular weight excluding hydrogens is 216 g/mol. The summed E-state index contributed by atoms with van der Waals surface area (Å²) in [5, 5.41) is 6.42. The van der Waals surface area contributed by atoms with Crippen molar-refractivity contribution in [1.29, 1.82) is 0 Å². The first-order valence-corrected chi connectivity index (χ1v) is 6.90. The molecule has 2 aliphatic rings.